The van der Waals surface area contributed by atoms with E-state index in [0.717, 1.165) is 0 Å². The quantitative estimate of drug-likeness (QED) is 0.783. The van der Waals surface area contributed by atoms with Crippen molar-refractivity contribution in [2.75, 3.05) is 0 Å². The molecule has 0 N–H and O–H groups in total. The third kappa shape index (κ3) is 3.31. The molecule has 77 valence electrons. The first-order valence-electron chi connectivity index (χ1n) is 3.90. The minimum atomic E-state index is 0.678. The van der Waals surface area contributed by atoms with Gasteiger partial charge in [0.1, 0.15) is 0 Å². The van der Waals surface area contributed by atoms with Gasteiger partial charge >= 0.3 is 7.69 Å². The van der Waals surface area contributed by atoms with E-state index in [1.54, 1.807) is 24.3 Å². The molecule has 15 heavy (non-hydrogen) atoms. The van der Waals surface area contributed by atoms with Crippen LogP contribution < -0.4 is 9.31 Å². The summed E-state index contributed by atoms with van der Waals surface area (Å²) in [6.45, 7) is 0. The van der Waals surface area contributed by atoms with Gasteiger partial charge in [-0.1, -0.05) is 45.9 Å². The van der Waals surface area contributed by atoms with Gasteiger partial charge in [0.25, 0.3) is 0 Å². The molecule has 0 aliphatic rings. The Morgan fingerprint density at radius 1 is 0.867 bits per heavy atom. The van der Waals surface area contributed by atoms with E-state index in [-0.39, 0.29) is 0 Å². The maximum Gasteiger partial charge on any atom is 0.659 e. The zero-order valence-corrected chi connectivity index (χ0v) is 10.4. The van der Waals surface area contributed by atoms with Crippen LogP contribution in [0.2, 0.25) is 8.67 Å². The Labute approximate surface area is 106 Å². The number of hydrogen-bond acceptors (Lipinski definition) is 4. The molecular weight excluding hydrogens is 274 g/mol. The van der Waals surface area contributed by atoms with Crippen LogP contribution in [-0.4, -0.2) is 7.69 Å². The van der Waals surface area contributed by atoms with Gasteiger partial charge in [-0.3, -0.25) is 0 Å². The van der Waals surface area contributed by atoms with Gasteiger partial charge < -0.3 is 9.31 Å². The molecule has 0 aromatic carbocycles. The second kappa shape index (κ2) is 5.12. The van der Waals surface area contributed by atoms with Gasteiger partial charge in [0.2, 0.25) is 0 Å². The summed E-state index contributed by atoms with van der Waals surface area (Å²) in [5.74, 6) is 0. The standard InChI is InChI=1S/C8H4BCl2O2S2/c10-5-1-3-7(14-5)12-9-13-8-4-2-6(11)15-8/h1-4H. The van der Waals surface area contributed by atoms with E-state index in [1.165, 1.54) is 30.4 Å². The summed E-state index contributed by atoms with van der Waals surface area (Å²) < 4.78 is 11.7. The summed E-state index contributed by atoms with van der Waals surface area (Å²) in [4.78, 5) is 0. The van der Waals surface area contributed by atoms with Crippen molar-refractivity contribution in [1.82, 2.24) is 0 Å². The Hall–Kier alpha value is -0.355. The first-order valence-corrected chi connectivity index (χ1v) is 6.28. The fourth-order valence-electron chi connectivity index (χ4n) is 0.841. The van der Waals surface area contributed by atoms with Crippen LogP contribution in [0, 0.1) is 0 Å². The first kappa shape index (κ1) is 11.1. The smallest absolute Gasteiger partial charge is 0.519 e. The minimum Gasteiger partial charge on any atom is -0.519 e. The molecule has 0 saturated heterocycles. The van der Waals surface area contributed by atoms with Gasteiger partial charge in [-0.25, -0.2) is 0 Å². The average Bonchev–Trinajstić information content (AvgIpc) is 2.76. The molecule has 2 heterocycles. The summed E-state index contributed by atoms with van der Waals surface area (Å²) >= 11 is 14.1. The number of halogens is 2. The topological polar surface area (TPSA) is 18.5 Å². The predicted molar refractivity (Wildman–Crippen MR) is 65.7 cm³/mol. The lowest BCUT2D eigenvalue weighted by molar-refractivity contribution is 0.473. The Morgan fingerprint density at radius 2 is 1.33 bits per heavy atom. The van der Waals surface area contributed by atoms with Crippen LogP contribution in [-0.2, 0) is 0 Å². The minimum absolute atomic E-state index is 0.678. The maximum absolute atomic E-state index is 5.73. The van der Waals surface area contributed by atoms with Gasteiger partial charge in [-0.2, -0.15) is 0 Å². The zero-order chi connectivity index (χ0) is 10.7. The van der Waals surface area contributed by atoms with Crippen molar-refractivity contribution in [2.24, 2.45) is 0 Å². The summed E-state index contributed by atoms with van der Waals surface area (Å²) in [6.07, 6.45) is 0. The second-order valence-electron chi connectivity index (χ2n) is 2.45. The van der Waals surface area contributed by atoms with Crippen molar-refractivity contribution in [3.8, 4) is 10.1 Å². The molecule has 0 saturated carbocycles. The molecule has 0 aliphatic heterocycles. The molecule has 0 unspecified atom stereocenters. The summed E-state index contributed by atoms with van der Waals surface area (Å²) in [5, 5.41) is 1.37. The highest BCUT2D eigenvalue weighted by Gasteiger charge is 2.05. The molecular formula is C8H4BCl2O2S2. The van der Waals surface area contributed by atoms with E-state index in [1.807, 2.05) is 0 Å². The van der Waals surface area contributed by atoms with Crippen LogP contribution in [0.4, 0.5) is 0 Å². The highest BCUT2D eigenvalue weighted by molar-refractivity contribution is 7.18. The lowest BCUT2D eigenvalue weighted by Crippen LogP contribution is -2.08. The Balaban J connectivity index is 1.80. The van der Waals surface area contributed by atoms with Crippen molar-refractivity contribution in [1.29, 1.82) is 0 Å². The van der Waals surface area contributed by atoms with E-state index < -0.39 is 0 Å². The predicted octanol–water partition coefficient (Wildman–Crippen LogP) is 4.11. The molecule has 1 radical (unpaired) electrons. The molecule has 7 heteroatoms. The zero-order valence-electron chi connectivity index (χ0n) is 7.28. The van der Waals surface area contributed by atoms with Crippen LogP contribution in [0.5, 0.6) is 10.1 Å². The number of rotatable bonds is 4. The molecule has 0 aliphatic carbocycles. The lowest BCUT2D eigenvalue weighted by atomic mass is 10.4. The molecule has 0 spiro atoms. The fourth-order valence-corrected chi connectivity index (χ4v) is 2.53. The highest BCUT2D eigenvalue weighted by atomic mass is 35.5. The van der Waals surface area contributed by atoms with Crippen LogP contribution in [0.15, 0.2) is 24.3 Å². The molecule has 0 atom stereocenters. The van der Waals surface area contributed by atoms with Gasteiger partial charge in [-0.05, 0) is 24.3 Å². The van der Waals surface area contributed by atoms with Crippen molar-refractivity contribution >= 4 is 53.6 Å². The summed E-state index contributed by atoms with van der Waals surface area (Å²) in [7, 11) is 1.25. The van der Waals surface area contributed by atoms with Crippen molar-refractivity contribution < 1.29 is 9.31 Å². The van der Waals surface area contributed by atoms with E-state index >= 15 is 0 Å². The largest absolute Gasteiger partial charge is 0.659 e. The SMILES string of the molecule is Clc1ccc(O[B]Oc2ccc(Cl)s2)s1. The van der Waals surface area contributed by atoms with Gasteiger partial charge in [0.15, 0.2) is 10.1 Å². The summed E-state index contributed by atoms with van der Waals surface area (Å²) in [5.41, 5.74) is 0. The number of hydrogen-bond donors (Lipinski definition) is 0. The molecule has 2 nitrogen and oxygen atoms in total. The van der Waals surface area contributed by atoms with Gasteiger partial charge in [0, 0.05) is 0 Å². The van der Waals surface area contributed by atoms with E-state index in [4.69, 9.17) is 32.5 Å². The summed E-state index contributed by atoms with van der Waals surface area (Å²) in [6, 6.07) is 7.07. The third-order valence-corrected chi connectivity index (χ3v) is 3.67. The van der Waals surface area contributed by atoms with Gasteiger partial charge in [-0.15, -0.1) is 0 Å². The third-order valence-electron chi connectivity index (χ3n) is 1.43. The van der Waals surface area contributed by atoms with Gasteiger partial charge in [0.05, 0.1) is 8.67 Å². The number of thiophene rings is 2. The second-order valence-corrected chi connectivity index (χ2v) is 5.80. The molecule has 0 bridgehead atoms. The molecule has 2 aromatic rings. The van der Waals surface area contributed by atoms with E-state index in [9.17, 15) is 0 Å². The lowest BCUT2D eigenvalue weighted by Gasteiger charge is -2.00. The Kier molecular flexibility index (Phi) is 3.80. The molecule has 2 rings (SSSR count). The molecule has 2 aromatic heterocycles. The van der Waals surface area contributed by atoms with Crippen molar-refractivity contribution in [2.45, 2.75) is 0 Å². The normalized spacial score (nSPS) is 10.0. The maximum atomic E-state index is 5.73. The van der Waals surface area contributed by atoms with E-state index in [0.29, 0.717) is 18.8 Å². The average molecular weight is 278 g/mol. The Bertz CT molecular complexity index is 403. The van der Waals surface area contributed by atoms with Crippen molar-refractivity contribution in [3.63, 3.8) is 0 Å². The van der Waals surface area contributed by atoms with Crippen LogP contribution in [0.25, 0.3) is 0 Å². The monoisotopic (exact) mass is 277 g/mol. The van der Waals surface area contributed by atoms with Crippen LogP contribution >= 0.6 is 45.9 Å². The van der Waals surface area contributed by atoms with Crippen LogP contribution in [0.1, 0.15) is 0 Å². The molecule has 0 fully saturated rings. The Morgan fingerprint density at radius 3 is 1.67 bits per heavy atom. The van der Waals surface area contributed by atoms with E-state index in [2.05, 4.69) is 0 Å². The van der Waals surface area contributed by atoms with Crippen molar-refractivity contribution in [3.05, 3.63) is 32.9 Å². The highest BCUT2D eigenvalue weighted by Crippen LogP contribution is 2.29. The first-order chi connectivity index (χ1) is 7.24. The molecule has 0 amide bonds. The fraction of sp³-hybridized carbons (Fsp3) is 0. The van der Waals surface area contributed by atoms with Crippen LogP contribution in [0.3, 0.4) is 0 Å².